The highest BCUT2D eigenvalue weighted by Crippen LogP contribution is 2.17. The molecule has 0 radical (unpaired) electrons. The topological polar surface area (TPSA) is 55.8 Å². The maximum absolute atomic E-state index is 12.3. The van der Waals surface area contributed by atoms with Gasteiger partial charge in [0, 0.05) is 38.4 Å². The second kappa shape index (κ2) is 8.58. The van der Waals surface area contributed by atoms with E-state index in [1.807, 2.05) is 23.1 Å². The molecular weight excluding hydrogens is 325 g/mol. The van der Waals surface area contributed by atoms with Gasteiger partial charge in [-0.1, -0.05) is 18.2 Å². The van der Waals surface area contributed by atoms with E-state index in [2.05, 4.69) is 22.3 Å². The highest BCUT2D eigenvalue weighted by atomic mass is 35.5. The summed E-state index contributed by atoms with van der Waals surface area (Å²) in [6, 6.07) is 10.1. The lowest BCUT2D eigenvalue weighted by atomic mass is 10.1. The summed E-state index contributed by atoms with van der Waals surface area (Å²) < 4.78 is 0. The van der Waals surface area contributed by atoms with Crippen molar-refractivity contribution in [3.8, 4) is 0 Å². The zero-order chi connectivity index (χ0) is 13.9. The van der Waals surface area contributed by atoms with E-state index in [0.29, 0.717) is 13.0 Å². The van der Waals surface area contributed by atoms with E-state index in [1.165, 1.54) is 5.69 Å². The van der Waals surface area contributed by atoms with Gasteiger partial charge >= 0.3 is 0 Å². The molecule has 1 aromatic carbocycles. The largest absolute Gasteiger partial charge is 0.392 e. The van der Waals surface area contributed by atoms with Crippen LogP contribution in [0.2, 0.25) is 0 Å². The van der Waals surface area contributed by atoms with Gasteiger partial charge in [0.05, 0.1) is 12.1 Å². The predicted molar refractivity (Wildman–Crippen MR) is 92.1 cm³/mol. The molecule has 2 aliphatic rings. The fourth-order valence-corrected chi connectivity index (χ4v) is 2.95. The van der Waals surface area contributed by atoms with Crippen LogP contribution in [0, 0.1) is 0 Å². The third-order valence-corrected chi connectivity index (χ3v) is 4.12. The van der Waals surface area contributed by atoms with Gasteiger partial charge in [-0.25, -0.2) is 0 Å². The average Bonchev–Trinajstić information content (AvgIpc) is 2.94. The number of β-amino-alcohol motifs (C(OH)–C–C–N with tert-alkyl or cyclic N) is 1. The number of amides is 1. The van der Waals surface area contributed by atoms with Crippen molar-refractivity contribution in [2.75, 3.05) is 37.6 Å². The zero-order valence-corrected chi connectivity index (χ0v) is 14.0. The molecule has 2 unspecified atom stereocenters. The molecule has 0 saturated carbocycles. The van der Waals surface area contributed by atoms with Gasteiger partial charge in [-0.05, 0) is 18.6 Å². The second-order valence-electron chi connectivity index (χ2n) is 5.50. The van der Waals surface area contributed by atoms with Crippen molar-refractivity contribution in [1.29, 1.82) is 0 Å². The number of nitrogens with zero attached hydrogens (tertiary/aromatic N) is 2. The molecule has 0 aliphatic carbocycles. The molecule has 5 nitrogen and oxygen atoms in total. The molecule has 0 aromatic heterocycles. The Morgan fingerprint density at radius 3 is 2.27 bits per heavy atom. The highest BCUT2D eigenvalue weighted by Gasteiger charge is 2.32. The van der Waals surface area contributed by atoms with E-state index in [0.717, 1.165) is 26.2 Å². The van der Waals surface area contributed by atoms with Crippen molar-refractivity contribution in [2.45, 2.75) is 18.6 Å². The Bertz CT molecular complexity index is 467. The molecule has 1 aromatic rings. The van der Waals surface area contributed by atoms with Crippen molar-refractivity contribution in [1.82, 2.24) is 10.2 Å². The standard InChI is InChI=1S/C15H21N3O2.2ClH/c19-13-10-14(16-11-13)15(20)18-8-6-17(7-9-18)12-4-2-1-3-5-12;;/h1-5,13-14,16,19H,6-11H2;2*1H. The van der Waals surface area contributed by atoms with Crippen molar-refractivity contribution in [3.05, 3.63) is 30.3 Å². The van der Waals surface area contributed by atoms with Crippen LogP contribution in [-0.2, 0) is 4.79 Å². The number of anilines is 1. The van der Waals surface area contributed by atoms with Gasteiger partial charge in [-0.2, -0.15) is 0 Å². The molecule has 3 rings (SSSR count). The third kappa shape index (κ3) is 4.26. The van der Waals surface area contributed by atoms with Crippen LogP contribution in [0.5, 0.6) is 0 Å². The van der Waals surface area contributed by atoms with Crippen LogP contribution in [0.25, 0.3) is 0 Å². The van der Waals surface area contributed by atoms with E-state index < -0.39 is 0 Å². The Hall–Kier alpha value is -1.01. The van der Waals surface area contributed by atoms with E-state index in [-0.39, 0.29) is 42.9 Å². The molecule has 2 aliphatic heterocycles. The van der Waals surface area contributed by atoms with E-state index in [9.17, 15) is 9.90 Å². The van der Waals surface area contributed by atoms with Crippen LogP contribution >= 0.6 is 24.8 Å². The molecule has 1 amide bonds. The lowest BCUT2D eigenvalue weighted by Gasteiger charge is -2.37. The van der Waals surface area contributed by atoms with Crippen molar-refractivity contribution >= 4 is 36.4 Å². The van der Waals surface area contributed by atoms with E-state index in [1.54, 1.807) is 0 Å². The molecule has 2 atom stereocenters. The van der Waals surface area contributed by atoms with Gasteiger partial charge in [0.25, 0.3) is 0 Å². The summed E-state index contributed by atoms with van der Waals surface area (Å²) in [6.07, 6.45) is 0.159. The SMILES string of the molecule is Cl.Cl.O=C(C1CC(O)CN1)N1CCN(c2ccccc2)CC1. The maximum atomic E-state index is 12.3. The molecule has 0 spiro atoms. The van der Waals surface area contributed by atoms with Gasteiger partial charge < -0.3 is 20.2 Å². The van der Waals surface area contributed by atoms with Gasteiger partial charge in [0.1, 0.15) is 0 Å². The Labute approximate surface area is 143 Å². The summed E-state index contributed by atoms with van der Waals surface area (Å²) in [5.41, 5.74) is 1.22. The van der Waals surface area contributed by atoms with E-state index in [4.69, 9.17) is 0 Å². The summed E-state index contributed by atoms with van der Waals surface area (Å²) in [4.78, 5) is 16.5. The summed E-state index contributed by atoms with van der Waals surface area (Å²) >= 11 is 0. The molecular formula is C15H23Cl2N3O2. The van der Waals surface area contributed by atoms with Crippen LogP contribution in [-0.4, -0.2) is 60.8 Å². The van der Waals surface area contributed by atoms with Crippen LogP contribution < -0.4 is 10.2 Å². The highest BCUT2D eigenvalue weighted by molar-refractivity contribution is 5.85. The van der Waals surface area contributed by atoms with Gasteiger partial charge in [0.2, 0.25) is 5.91 Å². The molecule has 2 heterocycles. The number of aliphatic hydroxyl groups excluding tert-OH is 1. The first kappa shape index (κ1) is 19.0. The normalized spacial score (nSPS) is 24.4. The number of carbonyl (C=O) groups is 1. The quantitative estimate of drug-likeness (QED) is 0.834. The number of halogens is 2. The maximum Gasteiger partial charge on any atom is 0.239 e. The first-order valence-electron chi connectivity index (χ1n) is 7.24. The molecule has 124 valence electrons. The fourth-order valence-electron chi connectivity index (χ4n) is 2.95. The van der Waals surface area contributed by atoms with Crippen molar-refractivity contribution < 1.29 is 9.90 Å². The predicted octanol–water partition coefficient (Wildman–Crippen LogP) is 0.902. The Kier molecular flexibility index (Phi) is 7.42. The second-order valence-corrected chi connectivity index (χ2v) is 5.50. The molecule has 2 fully saturated rings. The average molecular weight is 348 g/mol. The lowest BCUT2D eigenvalue weighted by Crippen LogP contribution is -2.53. The number of hydrogen-bond acceptors (Lipinski definition) is 4. The number of benzene rings is 1. The number of para-hydroxylation sites is 1. The summed E-state index contributed by atoms with van der Waals surface area (Å²) in [7, 11) is 0. The number of nitrogens with one attached hydrogen (secondary N) is 1. The zero-order valence-electron chi connectivity index (χ0n) is 12.4. The molecule has 0 bridgehead atoms. The van der Waals surface area contributed by atoms with Crippen LogP contribution in [0.4, 0.5) is 5.69 Å². The van der Waals surface area contributed by atoms with Crippen molar-refractivity contribution in [2.24, 2.45) is 0 Å². The minimum absolute atomic E-state index is 0. The summed E-state index contributed by atoms with van der Waals surface area (Å²) in [5.74, 6) is 0.134. The van der Waals surface area contributed by atoms with Crippen molar-refractivity contribution in [3.63, 3.8) is 0 Å². The summed E-state index contributed by atoms with van der Waals surface area (Å²) in [5, 5.41) is 12.6. The molecule has 7 heteroatoms. The number of hydrogen-bond donors (Lipinski definition) is 2. The third-order valence-electron chi connectivity index (χ3n) is 4.12. The Morgan fingerprint density at radius 2 is 1.73 bits per heavy atom. The van der Waals surface area contributed by atoms with Crippen LogP contribution in [0.3, 0.4) is 0 Å². The fraction of sp³-hybridized carbons (Fsp3) is 0.533. The molecule has 2 saturated heterocycles. The lowest BCUT2D eigenvalue weighted by molar-refractivity contribution is -0.133. The smallest absolute Gasteiger partial charge is 0.239 e. The number of aliphatic hydroxyl groups is 1. The van der Waals surface area contributed by atoms with Gasteiger partial charge in [-0.15, -0.1) is 24.8 Å². The van der Waals surface area contributed by atoms with Crippen LogP contribution in [0.1, 0.15) is 6.42 Å². The van der Waals surface area contributed by atoms with Crippen LogP contribution in [0.15, 0.2) is 30.3 Å². The minimum atomic E-state index is -0.380. The minimum Gasteiger partial charge on any atom is -0.392 e. The Morgan fingerprint density at radius 1 is 1.09 bits per heavy atom. The monoisotopic (exact) mass is 347 g/mol. The Balaban J connectivity index is 0.00000121. The molecule has 2 N–H and O–H groups in total. The van der Waals surface area contributed by atoms with E-state index >= 15 is 0 Å². The summed E-state index contributed by atoms with van der Waals surface area (Å²) in [6.45, 7) is 3.76. The number of rotatable bonds is 2. The first-order chi connectivity index (χ1) is 9.74. The van der Waals surface area contributed by atoms with Gasteiger partial charge in [-0.3, -0.25) is 4.79 Å². The number of carbonyl (C=O) groups excluding carboxylic acids is 1. The van der Waals surface area contributed by atoms with Gasteiger partial charge in [0.15, 0.2) is 0 Å². The number of piperazine rings is 1. The molecule has 22 heavy (non-hydrogen) atoms. The first-order valence-corrected chi connectivity index (χ1v) is 7.24.